The van der Waals surface area contributed by atoms with Crippen molar-refractivity contribution in [3.05, 3.63) is 84.6 Å². The van der Waals surface area contributed by atoms with E-state index in [4.69, 9.17) is 9.63 Å². The molecular formula is C26H18F3N3O3. The Hall–Kier alpha value is -4.40. The van der Waals surface area contributed by atoms with Gasteiger partial charge in [-0.2, -0.15) is 18.2 Å². The van der Waals surface area contributed by atoms with Gasteiger partial charge in [0.25, 0.3) is 5.89 Å². The van der Waals surface area contributed by atoms with Gasteiger partial charge in [0.05, 0.1) is 12.0 Å². The highest BCUT2D eigenvalue weighted by molar-refractivity contribution is 5.94. The van der Waals surface area contributed by atoms with Gasteiger partial charge in [-0.05, 0) is 35.4 Å². The first kappa shape index (κ1) is 22.4. The average molecular weight is 477 g/mol. The standard InChI is InChI=1S/C26H18F3N3O3/c27-26(28,29)21-15-17(9-10-18(21)16-5-2-1-3-6-16)25-30-24(31-35-25)20-7-4-8-22-19(20)11-13-32(22)14-12-23(33)34/h1-11,13,15H,12,14H2,(H,33,34). The van der Waals surface area contributed by atoms with Gasteiger partial charge in [0.15, 0.2) is 0 Å². The van der Waals surface area contributed by atoms with Crippen LogP contribution in [0.15, 0.2) is 83.5 Å². The average Bonchev–Trinajstić information content (AvgIpc) is 3.50. The summed E-state index contributed by atoms with van der Waals surface area (Å²) in [6.07, 6.45) is -2.83. The fourth-order valence-corrected chi connectivity index (χ4v) is 4.06. The molecule has 0 saturated carbocycles. The molecule has 0 saturated heterocycles. The van der Waals surface area contributed by atoms with E-state index in [0.29, 0.717) is 17.7 Å². The lowest BCUT2D eigenvalue weighted by Crippen LogP contribution is -2.07. The van der Waals surface area contributed by atoms with Gasteiger partial charge in [0.1, 0.15) is 0 Å². The Bertz CT molecular complexity index is 1520. The first-order valence-corrected chi connectivity index (χ1v) is 10.7. The number of aliphatic carboxylic acids is 1. The molecule has 0 fully saturated rings. The van der Waals surface area contributed by atoms with E-state index in [-0.39, 0.29) is 29.3 Å². The number of hydrogen-bond donors (Lipinski definition) is 1. The minimum atomic E-state index is -4.57. The van der Waals surface area contributed by atoms with Crippen molar-refractivity contribution in [1.29, 1.82) is 0 Å². The van der Waals surface area contributed by atoms with E-state index in [0.717, 1.165) is 17.0 Å². The van der Waals surface area contributed by atoms with Crippen LogP contribution in [0.4, 0.5) is 13.2 Å². The number of carboxylic acids is 1. The molecule has 0 spiro atoms. The first-order valence-electron chi connectivity index (χ1n) is 10.7. The van der Waals surface area contributed by atoms with E-state index >= 15 is 0 Å². The molecule has 0 bridgehead atoms. The van der Waals surface area contributed by atoms with Gasteiger partial charge in [-0.25, -0.2) is 0 Å². The van der Waals surface area contributed by atoms with E-state index in [9.17, 15) is 18.0 Å². The van der Waals surface area contributed by atoms with Crippen molar-refractivity contribution in [2.45, 2.75) is 19.1 Å². The fraction of sp³-hybridized carbons (Fsp3) is 0.115. The van der Waals surface area contributed by atoms with Crippen LogP contribution in [-0.2, 0) is 17.5 Å². The lowest BCUT2D eigenvalue weighted by atomic mass is 9.97. The van der Waals surface area contributed by atoms with Gasteiger partial charge in [-0.3, -0.25) is 4.79 Å². The topological polar surface area (TPSA) is 81.1 Å². The number of nitrogens with zero attached hydrogens (tertiary/aromatic N) is 3. The summed E-state index contributed by atoms with van der Waals surface area (Å²) in [7, 11) is 0. The monoisotopic (exact) mass is 477 g/mol. The molecule has 3 aromatic carbocycles. The summed E-state index contributed by atoms with van der Waals surface area (Å²) >= 11 is 0. The number of aryl methyl sites for hydroxylation is 1. The Morgan fingerprint density at radius 3 is 2.49 bits per heavy atom. The summed E-state index contributed by atoms with van der Waals surface area (Å²) in [6.45, 7) is 0.299. The number of aromatic nitrogens is 3. The predicted molar refractivity (Wildman–Crippen MR) is 123 cm³/mol. The Balaban J connectivity index is 1.53. The largest absolute Gasteiger partial charge is 0.481 e. The Kier molecular flexibility index (Phi) is 5.60. The number of halogens is 3. The van der Waals surface area contributed by atoms with E-state index in [1.165, 1.54) is 12.1 Å². The van der Waals surface area contributed by atoms with Crippen LogP contribution in [0.2, 0.25) is 0 Å². The van der Waals surface area contributed by atoms with E-state index in [1.54, 1.807) is 48.7 Å². The van der Waals surface area contributed by atoms with Crippen molar-refractivity contribution in [3.63, 3.8) is 0 Å². The van der Waals surface area contributed by atoms with Crippen LogP contribution in [0, 0.1) is 0 Å². The van der Waals surface area contributed by atoms with Crippen molar-refractivity contribution in [2.24, 2.45) is 0 Å². The number of benzene rings is 3. The minimum Gasteiger partial charge on any atom is -0.481 e. The first-order chi connectivity index (χ1) is 16.8. The van der Waals surface area contributed by atoms with Crippen molar-refractivity contribution >= 4 is 16.9 Å². The van der Waals surface area contributed by atoms with Crippen molar-refractivity contribution in [1.82, 2.24) is 14.7 Å². The third kappa shape index (κ3) is 4.40. The van der Waals surface area contributed by atoms with Crippen LogP contribution in [0.25, 0.3) is 44.9 Å². The third-order valence-corrected chi connectivity index (χ3v) is 5.70. The van der Waals surface area contributed by atoms with Crippen LogP contribution in [-0.4, -0.2) is 25.8 Å². The number of carbonyl (C=O) groups is 1. The smallest absolute Gasteiger partial charge is 0.417 e. The zero-order valence-corrected chi connectivity index (χ0v) is 18.2. The third-order valence-electron chi connectivity index (χ3n) is 5.70. The maximum Gasteiger partial charge on any atom is 0.417 e. The number of fused-ring (bicyclic) bond motifs is 1. The highest BCUT2D eigenvalue weighted by Crippen LogP contribution is 2.39. The molecule has 0 aliphatic rings. The number of carboxylic acid groups (broad SMARTS) is 1. The zero-order valence-electron chi connectivity index (χ0n) is 18.2. The second kappa shape index (κ2) is 8.75. The van der Waals surface area contributed by atoms with Gasteiger partial charge in [-0.1, -0.05) is 53.7 Å². The normalized spacial score (nSPS) is 11.7. The van der Waals surface area contributed by atoms with Crippen LogP contribution in [0.5, 0.6) is 0 Å². The predicted octanol–water partition coefficient (Wildman–Crippen LogP) is 6.52. The van der Waals surface area contributed by atoms with Gasteiger partial charge in [-0.15, -0.1) is 0 Å². The summed E-state index contributed by atoms with van der Waals surface area (Å²) in [4.78, 5) is 15.3. The van der Waals surface area contributed by atoms with Gasteiger partial charge < -0.3 is 14.2 Å². The molecule has 176 valence electrons. The minimum absolute atomic E-state index is 0.0269. The maximum atomic E-state index is 13.9. The molecule has 35 heavy (non-hydrogen) atoms. The van der Waals surface area contributed by atoms with E-state index in [2.05, 4.69) is 10.1 Å². The molecule has 5 aromatic rings. The number of alkyl halides is 3. The number of hydrogen-bond acceptors (Lipinski definition) is 4. The molecule has 2 aromatic heterocycles. The molecule has 1 N–H and O–H groups in total. The van der Waals surface area contributed by atoms with Crippen LogP contribution < -0.4 is 0 Å². The summed E-state index contributed by atoms with van der Waals surface area (Å²) in [5, 5.41) is 13.7. The van der Waals surface area contributed by atoms with E-state index in [1.807, 2.05) is 16.7 Å². The van der Waals surface area contributed by atoms with Gasteiger partial charge >= 0.3 is 12.1 Å². The van der Waals surface area contributed by atoms with Crippen LogP contribution >= 0.6 is 0 Å². The molecule has 0 aliphatic heterocycles. The molecule has 0 amide bonds. The van der Waals surface area contributed by atoms with Crippen LogP contribution in [0.1, 0.15) is 12.0 Å². The number of rotatable bonds is 6. The highest BCUT2D eigenvalue weighted by atomic mass is 19.4. The molecule has 6 nitrogen and oxygen atoms in total. The highest BCUT2D eigenvalue weighted by Gasteiger charge is 2.34. The SMILES string of the molecule is O=C(O)CCn1ccc2c(-c3noc(-c4ccc(-c5ccccc5)c(C(F)(F)F)c4)n3)cccc21. The molecule has 0 atom stereocenters. The van der Waals surface area contributed by atoms with Gasteiger partial charge in [0, 0.05) is 34.8 Å². The maximum absolute atomic E-state index is 13.9. The second-order valence-electron chi connectivity index (χ2n) is 7.94. The molecule has 9 heteroatoms. The molecule has 0 unspecified atom stereocenters. The summed E-state index contributed by atoms with van der Waals surface area (Å²) < 4.78 is 48.8. The Morgan fingerprint density at radius 1 is 0.943 bits per heavy atom. The molecule has 0 radical (unpaired) electrons. The fourth-order valence-electron chi connectivity index (χ4n) is 4.06. The van der Waals surface area contributed by atoms with E-state index < -0.39 is 17.7 Å². The molecular weight excluding hydrogens is 459 g/mol. The summed E-state index contributed by atoms with van der Waals surface area (Å²) in [5.74, 6) is -0.711. The molecule has 2 heterocycles. The van der Waals surface area contributed by atoms with Crippen molar-refractivity contribution < 1.29 is 27.6 Å². The lowest BCUT2D eigenvalue weighted by molar-refractivity contribution is -0.138. The molecule has 5 rings (SSSR count). The van der Waals surface area contributed by atoms with Crippen molar-refractivity contribution in [3.8, 4) is 34.0 Å². The van der Waals surface area contributed by atoms with Crippen molar-refractivity contribution in [2.75, 3.05) is 0 Å². The quantitative estimate of drug-likeness (QED) is 0.301. The Labute approximate surface area is 197 Å². The van der Waals surface area contributed by atoms with Gasteiger partial charge in [0.2, 0.25) is 5.82 Å². The summed E-state index contributed by atoms with van der Waals surface area (Å²) in [6, 6.07) is 19.5. The summed E-state index contributed by atoms with van der Waals surface area (Å²) in [5.41, 5.74) is 1.30. The molecule has 0 aliphatic carbocycles. The lowest BCUT2D eigenvalue weighted by Gasteiger charge is -2.14. The Morgan fingerprint density at radius 2 is 1.74 bits per heavy atom. The van der Waals surface area contributed by atoms with Crippen LogP contribution in [0.3, 0.4) is 0 Å². The zero-order chi connectivity index (χ0) is 24.6. The second-order valence-corrected chi connectivity index (χ2v) is 7.94.